The first-order chi connectivity index (χ1) is 13.0. The Morgan fingerprint density at radius 2 is 1.85 bits per heavy atom. The van der Waals surface area contributed by atoms with Crippen molar-refractivity contribution in [2.75, 3.05) is 5.32 Å². The summed E-state index contributed by atoms with van der Waals surface area (Å²) >= 11 is 0. The highest BCUT2D eigenvalue weighted by Crippen LogP contribution is 2.21. The van der Waals surface area contributed by atoms with Crippen molar-refractivity contribution in [1.82, 2.24) is 5.16 Å². The molecule has 5 heteroatoms. The van der Waals surface area contributed by atoms with Gasteiger partial charge in [0.1, 0.15) is 18.1 Å². The van der Waals surface area contributed by atoms with Crippen LogP contribution in [0.4, 0.5) is 5.69 Å². The highest BCUT2D eigenvalue weighted by Gasteiger charge is 2.21. The van der Waals surface area contributed by atoms with Gasteiger partial charge in [0.15, 0.2) is 5.69 Å². The molecule has 5 nitrogen and oxygen atoms in total. The fourth-order valence-electron chi connectivity index (χ4n) is 2.85. The lowest BCUT2D eigenvalue weighted by atomic mass is 10.1. The molecule has 1 N–H and O–H groups in total. The minimum Gasteiger partial charge on any atom is -0.489 e. The Hall–Kier alpha value is -3.08. The normalized spacial score (nSPS) is 10.7. The maximum atomic E-state index is 12.7. The second kappa shape index (κ2) is 8.08. The molecule has 2 aromatic carbocycles. The molecule has 3 aromatic rings. The second-order valence-electron chi connectivity index (χ2n) is 6.62. The van der Waals surface area contributed by atoms with Gasteiger partial charge in [-0.25, -0.2) is 0 Å². The minimum absolute atomic E-state index is 0.219. The molecule has 140 valence electrons. The van der Waals surface area contributed by atoms with Crippen LogP contribution < -0.4 is 10.1 Å². The molecule has 0 aliphatic carbocycles. The zero-order valence-corrected chi connectivity index (χ0v) is 16.1. The highest BCUT2D eigenvalue weighted by atomic mass is 16.5. The van der Waals surface area contributed by atoms with Crippen molar-refractivity contribution >= 4 is 11.6 Å². The Balaban J connectivity index is 1.74. The van der Waals surface area contributed by atoms with Gasteiger partial charge in [-0.15, -0.1) is 0 Å². The van der Waals surface area contributed by atoms with E-state index in [9.17, 15) is 4.79 Å². The molecule has 0 atom stereocenters. The maximum absolute atomic E-state index is 12.7. The third-order valence-electron chi connectivity index (χ3n) is 4.54. The van der Waals surface area contributed by atoms with E-state index in [1.807, 2.05) is 56.3 Å². The van der Waals surface area contributed by atoms with Crippen LogP contribution in [-0.2, 0) is 13.0 Å². The fourth-order valence-corrected chi connectivity index (χ4v) is 2.85. The average Bonchev–Trinajstić information content (AvgIpc) is 3.03. The van der Waals surface area contributed by atoms with Crippen molar-refractivity contribution < 1.29 is 14.1 Å². The number of carbonyl (C=O) groups excluding carboxylic acids is 1. The van der Waals surface area contributed by atoms with Gasteiger partial charge in [0.2, 0.25) is 0 Å². The number of nitrogens with zero attached hydrogens (tertiary/aromatic N) is 1. The first-order valence-electron chi connectivity index (χ1n) is 9.03. The maximum Gasteiger partial charge on any atom is 0.278 e. The van der Waals surface area contributed by atoms with E-state index in [1.165, 1.54) is 5.56 Å². The van der Waals surface area contributed by atoms with E-state index in [0.29, 0.717) is 11.3 Å². The monoisotopic (exact) mass is 364 g/mol. The van der Waals surface area contributed by atoms with E-state index in [2.05, 4.69) is 17.4 Å². The predicted octanol–water partition coefficient (Wildman–Crippen LogP) is 4.99. The molecule has 0 aliphatic rings. The van der Waals surface area contributed by atoms with Crippen molar-refractivity contribution in [2.45, 2.75) is 40.7 Å². The molecule has 0 unspecified atom stereocenters. The van der Waals surface area contributed by atoms with E-state index in [-0.39, 0.29) is 18.2 Å². The summed E-state index contributed by atoms with van der Waals surface area (Å²) in [6.45, 7) is 8.08. The first-order valence-corrected chi connectivity index (χ1v) is 9.03. The number of amides is 1. The number of rotatable bonds is 6. The van der Waals surface area contributed by atoms with E-state index in [1.54, 1.807) is 6.92 Å². The van der Waals surface area contributed by atoms with Crippen LogP contribution in [0.15, 0.2) is 47.0 Å². The van der Waals surface area contributed by atoms with Crippen molar-refractivity contribution in [1.29, 1.82) is 0 Å². The van der Waals surface area contributed by atoms with Crippen molar-refractivity contribution in [3.05, 3.63) is 76.2 Å². The molecule has 0 saturated heterocycles. The predicted molar refractivity (Wildman–Crippen MR) is 105 cm³/mol. The summed E-state index contributed by atoms with van der Waals surface area (Å²) in [6.07, 6.45) is 0.980. The number of aryl methyl sites for hydroxylation is 4. The smallest absolute Gasteiger partial charge is 0.278 e. The molecule has 0 saturated carbocycles. The van der Waals surface area contributed by atoms with Gasteiger partial charge in [0, 0.05) is 5.69 Å². The number of ether oxygens (including phenoxy) is 1. The van der Waals surface area contributed by atoms with Gasteiger partial charge in [-0.05, 0) is 56.5 Å². The van der Waals surface area contributed by atoms with Gasteiger partial charge in [0.05, 0.1) is 5.56 Å². The van der Waals surface area contributed by atoms with Crippen LogP contribution in [0.1, 0.15) is 45.4 Å². The van der Waals surface area contributed by atoms with E-state index in [4.69, 9.17) is 9.26 Å². The highest BCUT2D eigenvalue weighted by molar-refractivity contribution is 6.04. The quantitative estimate of drug-likeness (QED) is 0.669. The summed E-state index contributed by atoms with van der Waals surface area (Å²) in [5.74, 6) is 1.01. The Bertz CT molecular complexity index is 943. The summed E-state index contributed by atoms with van der Waals surface area (Å²) < 4.78 is 11.1. The fraction of sp³-hybridized carbons (Fsp3) is 0.273. The van der Waals surface area contributed by atoms with Crippen LogP contribution in [0.3, 0.4) is 0 Å². The zero-order chi connectivity index (χ0) is 19.4. The van der Waals surface area contributed by atoms with Crippen LogP contribution in [0.25, 0.3) is 0 Å². The molecule has 3 rings (SSSR count). The standard InChI is InChI=1S/C22H24N2O3/c1-5-17-7-9-18(10-8-17)26-13-19-16(4)27-24-21(19)22(25)23-20-11-6-14(2)12-15(20)3/h6-12H,5,13H2,1-4H3,(H,23,25). The topological polar surface area (TPSA) is 64.4 Å². The minimum atomic E-state index is -0.307. The molecular weight excluding hydrogens is 340 g/mol. The van der Waals surface area contributed by atoms with Gasteiger partial charge >= 0.3 is 0 Å². The summed E-state index contributed by atoms with van der Waals surface area (Å²) in [6, 6.07) is 13.8. The Morgan fingerprint density at radius 3 is 2.52 bits per heavy atom. The largest absolute Gasteiger partial charge is 0.489 e. The van der Waals surface area contributed by atoms with Crippen molar-refractivity contribution in [3.8, 4) is 5.75 Å². The SMILES string of the molecule is CCc1ccc(OCc2c(C(=O)Nc3ccc(C)cc3C)noc2C)cc1. The molecule has 27 heavy (non-hydrogen) atoms. The molecule has 1 aromatic heterocycles. The summed E-state index contributed by atoms with van der Waals surface area (Å²) in [7, 11) is 0. The third-order valence-corrected chi connectivity index (χ3v) is 4.54. The molecule has 0 fully saturated rings. The number of benzene rings is 2. The molecule has 1 heterocycles. The average molecular weight is 364 g/mol. The van der Waals surface area contributed by atoms with Gasteiger partial charge in [-0.1, -0.05) is 41.9 Å². The van der Waals surface area contributed by atoms with Crippen molar-refractivity contribution in [3.63, 3.8) is 0 Å². The van der Waals surface area contributed by atoms with E-state index < -0.39 is 0 Å². The van der Waals surface area contributed by atoms with Crippen LogP contribution in [-0.4, -0.2) is 11.1 Å². The Labute approximate surface area is 159 Å². The Kier molecular flexibility index (Phi) is 5.60. The zero-order valence-electron chi connectivity index (χ0n) is 16.1. The van der Waals surface area contributed by atoms with Gasteiger partial charge in [-0.3, -0.25) is 4.79 Å². The first kappa shape index (κ1) is 18.7. The number of nitrogens with one attached hydrogen (secondary N) is 1. The number of hydrogen-bond donors (Lipinski definition) is 1. The molecule has 0 radical (unpaired) electrons. The van der Waals surface area contributed by atoms with Gasteiger partial charge in [-0.2, -0.15) is 0 Å². The second-order valence-corrected chi connectivity index (χ2v) is 6.62. The molecule has 0 bridgehead atoms. The van der Waals surface area contributed by atoms with Crippen LogP contribution in [0.5, 0.6) is 5.75 Å². The molecular formula is C22H24N2O3. The summed E-state index contributed by atoms with van der Waals surface area (Å²) in [4.78, 5) is 12.7. The molecule has 0 aliphatic heterocycles. The van der Waals surface area contributed by atoms with E-state index in [0.717, 1.165) is 29.0 Å². The Morgan fingerprint density at radius 1 is 1.11 bits per heavy atom. The number of aromatic nitrogens is 1. The van der Waals surface area contributed by atoms with Gasteiger partial charge in [0.25, 0.3) is 5.91 Å². The lowest BCUT2D eigenvalue weighted by Crippen LogP contribution is -2.16. The van der Waals surface area contributed by atoms with Crippen molar-refractivity contribution in [2.24, 2.45) is 0 Å². The number of anilines is 1. The lowest BCUT2D eigenvalue weighted by Gasteiger charge is -2.10. The summed E-state index contributed by atoms with van der Waals surface area (Å²) in [5.41, 5.74) is 5.04. The molecule has 0 spiro atoms. The van der Waals surface area contributed by atoms with Crippen LogP contribution in [0.2, 0.25) is 0 Å². The molecule has 1 amide bonds. The van der Waals surface area contributed by atoms with Crippen LogP contribution in [0, 0.1) is 20.8 Å². The van der Waals surface area contributed by atoms with E-state index >= 15 is 0 Å². The number of hydrogen-bond acceptors (Lipinski definition) is 4. The van der Waals surface area contributed by atoms with Gasteiger partial charge < -0.3 is 14.6 Å². The van der Waals surface area contributed by atoms with Crippen LogP contribution >= 0.6 is 0 Å². The summed E-state index contributed by atoms with van der Waals surface area (Å²) in [5, 5.41) is 6.84. The lowest BCUT2D eigenvalue weighted by molar-refractivity contribution is 0.101. The third kappa shape index (κ3) is 4.37. The number of carbonyl (C=O) groups is 1.